The van der Waals surface area contributed by atoms with Crippen LogP contribution in [0, 0.1) is 0 Å². The molecule has 82 valence electrons. The maximum absolute atomic E-state index is 11.5. The Morgan fingerprint density at radius 1 is 1.43 bits per heavy atom. The molecule has 0 aromatic heterocycles. The first-order valence-electron chi connectivity index (χ1n) is 4.73. The molecule has 1 aliphatic rings. The van der Waals surface area contributed by atoms with E-state index in [1.165, 1.54) is 6.92 Å². The minimum absolute atomic E-state index is 0.102. The third-order valence-corrected chi connectivity index (χ3v) is 3.83. The van der Waals surface area contributed by atoms with Crippen LogP contribution in [0.5, 0.6) is 0 Å². The fourth-order valence-corrected chi connectivity index (χ4v) is 2.18. The predicted molar refractivity (Wildman–Crippen MR) is 53.0 cm³/mol. The molecule has 0 spiro atoms. The molecule has 0 saturated heterocycles. The van der Waals surface area contributed by atoms with Crippen LogP contribution in [-0.2, 0) is 14.8 Å². The van der Waals surface area contributed by atoms with E-state index in [4.69, 9.17) is 5.73 Å². The van der Waals surface area contributed by atoms with Gasteiger partial charge in [-0.05, 0) is 19.8 Å². The molecule has 0 radical (unpaired) electrons. The normalized spacial score (nSPS) is 20.7. The summed E-state index contributed by atoms with van der Waals surface area (Å²) in [5, 5.41) is 0. The van der Waals surface area contributed by atoms with Crippen LogP contribution in [0.4, 0.5) is 0 Å². The Hall–Kier alpha value is -0.620. The molecule has 0 heterocycles. The van der Waals surface area contributed by atoms with Crippen molar-refractivity contribution in [3.63, 3.8) is 0 Å². The lowest BCUT2D eigenvalue weighted by Gasteiger charge is -2.21. The molecular weight excluding hydrogens is 204 g/mol. The van der Waals surface area contributed by atoms with Crippen molar-refractivity contribution in [2.24, 2.45) is 5.73 Å². The molecule has 1 aliphatic carbocycles. The van der Waals surface area contributed by atoms with Gasteiger partial charge in [0.05, 0.1) is 11.3 Å². The molecule has 5 nitrogen and oxygen atoms in total. The third kappa shape index (κ3) is 2.45. The van der Waals surface area contributed by atoms with Crippen LogP contribution in [0.2, 0.25) is 0 Å². The van der Waals surface area contributed by atoms with Crippen LogP contribution in [0.25, 0.3) is 0 Å². The zero-order valence-electron chi connectivity index (χ0n) is 8.25. The van der Waals surface area contributed by atoms with Crippen molar-refractivity contribution in [2.75, 3.05) is 5.75 Å². The first-order valence-corrected chi connectivity index (χ1v) is 6.39. The van der Waals surface area contributed by atoms with Crippen molar-refractivity contribution in [1.82, 2.24) is 4.72 Å². The zero-order valence-corrected chi connectivity index (χ0v) is 9.06. The third-order valence-electron chi connectivity index (χ3n) is 2.58. The molecule has 0 aromatic carbocycles. The van der Waals surface area contributed by atoms with Gasteiger partial charge in [0.2, 0.25) is 10.0 Å². The average Bonchev–Trinajstić information content (AvgIpc) is 2.53. The number of hydrogen-bond donors (Lipinski definition) is 2. The molecule has 1 amide bonds. The van der Waals surface area contributed by atoms with E-state index in [-0.39, 0.29) is 5.75 Å². The summed E-state index contributed by atoms with van der Waals surface area (Å²) in [6, 6.07) is 0. The number of sulfonamides is 1. The van der Waals surface area contributed by atoms with Gasteiger partial charge in [0.15, 0.2) is 0 Å². The Kier molecular flexibility index (Phi) is 3.16. The molecule has 0 unspecified atom stereocenters. The Balaban J connectivity index is 2.67. The number of nitrogens with one attached hydrogen (secondary N) is 1. The maximum atomic E-state index is 11.5. The van der Waals surface area contributed by atoms with Crippen LogP contribution in [-0.4, -0.2) is 25.6 Å². The van der Waals surface area contributed by atoms with Gasteiger partial charge in [-0.1, -0.05) is 12.8 Å². The van der Waals surface area contributed by atoms with E-state index in [1.807, 2.05) is 4.72 Å². The standard InChI is InChI=1S/C8H16N2O3S/c1-2-14(12,13)10-7(11)8(9)5-3-4-6-8/h2-6,9H2,1H3,(H,10,11). The fourth-order valence-electron chi connectivity index (χ4n) is 1.55. The summed E-state index contributed by atoms with van der Waals surface area (Å²) < 4.78 is 24.2. The fraction of sp³-hybridized carbons (Fsp3) is 0.875. The number of hydrogen-bond acceptors (Lipinski definition) is 4. The van der Waals surface area contributed by atoms with Gasteiger partial charge in [0.1, 0.15) is 0 Å². The molecule has 14 heavy (non-hydrogen) atoms. The van der Waals surface area contributed by atoms with Crippen molar-refractivity contribution < 1.29 is 13.2 Å². The van der Waals surface area contributed by atoms with Crippen molar-refractivity contribution in [3.8, 4) is 0 Å². The smallest absolute Gasteiger partial charge is 0.253 e. The molecule has 1 saturated carbocycles. The van der Waals surface area contributed by atoms with Crippen LogP contribution in [0.15, 0.2) is 0 Å². The second kappa shape index (κ2) is 3.86. The quantitative estimate of drug-likeness (QED) is 0.684. The Labute approximate surface area is 84.1 Å². The highest BCUT2D eigenvalue weighted by Gasteiger charge is 2.38. The van der Waals surface area contributed by atoms with Crippen molar-refractivity contribution >= 4 is 15.9 Å². The Bertz CT molecular complexity index is 317. The molecule has 3 N–H and O–H groups in total. The van der Waals surface area contributed by atoms with Gasteiger partial charge in [0, 0.05) is 0 Å². The van der Waals surface area contributed by atoms with Gasteiger partial charge in [0.25, 0.3) is 5.91 Å². The highest BCUT2D eigenvalue weighted by molar-refractivity contribution is 7.90. The number of amides is 1. The van der Waals surface area contributed by atoms with E-state index < -0.39 is 21.5 Å². The Morgan fingerprint density at radius 3 is 2.36 bits per heavy atom. The van der Waals surface area contributed by atoms with Crippen molar-refractivity contribution in [3.05, 3.63) is 0 Å². The molecule has 0 atom stereocenters. The van der Waals surface area contributed by atoms with E-state index in [1.54, 1.807) is 0 Å². The summed E-state index contributed by atoms with van der Waals surface area (Å²) in [5.41, 5.74) is 4.82. The molecule has 1 rings (SSSR count). The molecule has 0 aromatic rings. The monoisotopic (exact) mass is 220 g/mol. The predicted octanol–water partition coefficient (Wildman–Crippen LogP) is -0.276. The summed E-state index contributed by atoms with van der Waals surface area (Å²) in [5.74, 6) is -0.661. The van der Waals surface area contributed by atoms with Crippen LogP contribution in [0.1, 0.15) is 32.6 Å². The van der Waals surface area contributed by atoms with Gasteiger partial charge < -0.3 is 5.73 Å². The summed E-state index contributed by atoms with van der Waals surface area (Å²) in [6.07, 6.45) is 2.91. The van der Waals surface area contributed by atoms with Gasteiger partial charge in [-0.15, -0.1) is 0 Å². The zero-order chi connectivity index (χ0) is 10.8. The summed E-state index contributed by atoms with van der Waals surface area (Å²) >= 11 is 0. The molecule has 0 bridgehead atoms. The van der Waals surface area contributed by atoms with Crippen LogP contribution < -0.4 is 10.5 Å². The van der Waals surface area contributed by atoms with Crippen LogP contribution in [0.3, 0.4) is 0 Å². The minimum atomic E-state index is -3.47. The summed E-state index contributed by atoms with van der Waals surface area (Å²) in [6.45, 7) is 1.48. The van der Waals surface area contributed by atoms with E-state index in [9.17, 15) is 13.2 Å². The van der Waals surface area contributed by atoms with Crippen LogP contribution >= 0.6 is 0 Å². The number of rotatable bonds is 3. The topological polar surface area (TPSA) is 89.3 Å². The largest absolute Gasteiger partial charge is 0.317 e. The highest BCUT2D eigenvalue weighted by Crippen LogP contribution is 2.27. The van der Waals surface area contributed by atoms with Gasteiger partial charge in [-0.2, -0.15) is 0 Å². The van der Waals surface area contributed by atoms with Gasteiger partial charge in [-0.3, -0.25) is 9.52 Å². The second-order valence-electron chi connectivity index (χ2n) is 3.70. The lowest BCUT2D eigenvalue weighted by molar-refractivity contribution is -0.124. The SMILES string of the molecule is CCS(=O)(=O)NC(=O)C1(N)CCCC1. The van der Waals surface area contributed by atoms with E-state index >= 15 is 0 Å². The average molecular weight is 220 g/mol. The van der Waals surface area contributed by atoms with E-state index in [2.05, 4.69) is 0 Å². The molecule has 6 heteroatoms. The molecule has 1 fully saturated rings. The van der Waals surface area contributed by atoms with Crippen molar-refractivity contribution in [1.29, 1.82) is 0 Å². The lowest BCUT2D eigenvalue weighted by atomic mass is 9.99. The lowest BCUT2D eigenvalue weighted by Crippen LogP contribution is -2.53. The van der Waals surface area contributed by atoms with Gasteiger partial charge >= 0.3 is 0 Å². The Morgan fingerprint density at radius 2 is 1.93 bits per heavy atom. The number of carbonyl (C=O) groups excluding carboxylic acids is 1. The summed E-state index contributed by atoms with van der Waals surface area (Å²) in [7, 11) is -3.47. The minimum Gasteiger partial charge on any atom is -0.317 e. The molecular formula is C8H16N2O3S. The second-order valence-corrected chi connectivity index (χ2v) is 5.71. The number of nitrogens with two attached hydrogens (primary N) is 1. The maximum Gasteiger partial charge on any atom is 0.253 e. The molecule has 0 aliphatic heterocycles. The first-order chi connectivity index (χ1) is 6.40. The van der Waals surface area contributed by atoms with E-state index in [0.717, 1.165) is 12.8 Å². The van der Waals surface area contributed by atoms with E-state index in [0.29, 0.717) is 12.8 Å². The summed E-state index contributed by atoms with van der Waals surface area (Å²) in [4.78, 5) is 11.5. The van der Waals surface area contributed by atoms with Gasteiger partial charge in [-0.25, -0.2) is 8.42 Å². The number of carbonyl (C=O) groups is 1. The highest BCUT2D eigenvalue weighted by atomic mass is 32.2. The first kappa shape index (κ1) is 11.5. The van der Waals surface area contributed by atoms with Crippen molar-refractivity contribution in [2.45, 2.75) is 38.1 Å².